The third-order valence-corrected chi connectivity index (χ3v) is 5.02. The van der Waals surface area contributed by atoms with Gasteiger partial charge in [0.05, 0.1) is 13.2 Å². The van der Waals surface area contributed by atoms with Crippen LogP contribution in [-0.2, 0) is 14.8 Å². The van der Waals surface area contributed by atoms with Crippen molar-refractivity contribution in [1.82, 2.24) is 4.31 Å². The first kappa shape index (κ1) is 14.2. The Hall–Kier alpha value is -1.25. The first-order valence-electron chi connectivity index (χ1n) is 5.68. The number of morpholine rings is 1. The van der Waals surface area contributed by atoms with Crippen molar-refractivity contribution in [2.45, 2.75) is 17.9 Å². The fraction of sp³-hybridized carbons (Fsp3) is 0.455. The summed E-state index contributed by atoms with van der Waals surface area (Å²) in [6.07, 6.45) is 0. The van der Waals surface area contributed by atoms with Crippen LogP contribution in [0.4, 0.5) is 14.5 Å². The van der Waals surface area contributed by atoms with Crippen molar-refractivity contribution < 1.29 is 21.9 Å². The van der Waals surface area contributed by atoms with Gasteiger partial charge in [0.2, 0.25) is 10.0 Å². The summed E-state index contributed by atoms with van der Waals surface area (Å²) in [7, 11) is -4.05. The molecule has 2 N–H and O–H groups in total. The van der Waals surface area contributed by atoms with E-state index in [2.05, 4.69) is 0 Å². The molecule has 1 unspecified atom stereocenters. The minimum Gasteiger partial charge on any atom is -0.394 e. The number of ether oxygens (including phenoxy) is 1. The minimum atomic E-state index is -4.05. The molecule has 2 rings (SSSR count). The van der Waals surface area contributed by atoms with Crippen molar-refractivity contribution in [2.75, 3.05) is 25.5 Å². The highest BCUT2D eigenvalue weighted by Crippen LogP contribution is 2.27. The first-order valence-corrected chi connectivity index (χ1v) is 7.12. The Labute approximate surface area is 110 Å². The highest BCUT2D eigenvalue weighted by atomic mass is 32.2. The molecular formula is C11H14F2N2O3S. The molecule has 19 heavy (non-hydrogen) atoms. The zero-order valence-corrected chi connectivity index (χ0v) is 11.1. The van der Waals surface area contributed by atoms with E-state index in [-0.39, 0.29) is 19.8 Å². The van der Waals surface area contributed by atoms with Crippen molar-refractivity contribution in [3.8, 4) is 0 Å². The molecule has 1 fully saturated rings. The lowest BCUT2D eigenvalue weighted by Crippen LogP contribution is -2.47. The molecule has 0 radical (unpaired) electrons. The van der Waals surface area contributed by atoms with Crippen molar-refractivity contribution in [2.24, 2.45) is 0 Å². The Kier molecular flexibility index (Phi) is 3.75. The van der Waals surface area contributed by atoms with E-state index in [1.807, 2.05) is 0 Å². The fourth-order valence-corrected chi connectivity index (χ4v) is 3.62. The summed E-state index contributed by atoms with van der Waals surface area (Å²) in [5.41, 5.74) is 4.40. The van der Waals surface area contributed by atoms with Crippen LogP contribution in [0.15, 0.2) is 17.0 Å². The standard InChI is InChI=1S/C11H14F2N2O3S/c1-7-6-18-5-4-15(7)19(16,17)9-3-2-8(12)11(14)10(9)13/h2-3,7H,4-6,14H2,1H3. The van der Waals surface area contributed by atoms with E-state index in [0.29, 0.717) is 0 Å². The summed E-state index contributed by atoms with van der Waals surface area (Å²) in [6.45, 7) is 2.25. The molecule has 1 saturated heterocycles. The second-order valence-electron chi connectivity index (χ2n) is 4.31. The number of hydrogen-bond acceptors (Lipinski definition) is 4. The third kappa shape index (κ3) is 2.43. The zero-order chi connectivity index (χ0) is 14.2. The quantitative estimate of drug-likeness (QED) is 0.824. The van der Waals surface area contributed by atoms with E-state index >= 15 is 0 Å². The van der Waals surface area contributed by atoms with Gasteiger partial charge in [-0.2, -0.15) is 4.31 Å². The van der Waals surface area contributed by atoms with Crippen molar-refractivity contribution in [3.63, 3.8) is 0 Å². The van der Waals surface area contributed by atoms with Crippen LogP contribution in [0.25, 0.3) is 0 Å². The second-order valence-corrected chi connectivity index (χ2v) is 6.17. The predicted octanol–water partition coefficient (Wildman–Crippen LogP) is 0.956. The number of rotatable bonds is 2. The van der Waals surface area contributed by atoms with Gasteiger partial charge in [-0.1, -0.05) is 0 Å². The third-order valence-electron chi connectivity index (χ3n) is 2.98. The molecule has 106 valence electrons. The Balaban J connectivity index is 2.48. The Morgan fingerprint density at radius 1 is 1.42 bits per heavy atom. The predicted molar refractivity (Wildman–Crippen MR) is 64.9 cm³/mol. The topological polar surface area (TPSA) is 72.6 Å². The Morgan fingerprint density at radius 3 is 2.74 bits per heavy atom. The molecule has 0 bridgehead atoms. The molecule has 8 heteroatoms. The van der Waals surface area contributed by atoms with Gasteiger partial charge in [0.1, 0.15) is 16.4 Å². The van der Waals surface area contributed by atoms with Crippen LogP contribution >= 0.6 is 0 Å². The van der Waals surface area contributed by atoms with E-state index in [4.69, 9.17) is 10.5 Å². The number of halogens is 2. The Morgan fingerprint density at radius 2 is 2.11 bits per heavy atom. The largest absolute Gasteiger partial charge is 0.394 e. The average molecular weight is 292 g/mol. The fourth-order valence-electron chi connectivity index (χ4n) is 1.94. The molecule has 1 atom stereocenters. The van der Waals surface area contributed by atoms with E-state index < -0.39 is 38.3 Å². The van der Waals surface area contributed by atoms with Gasteiger partial charge in [-0.05, 0) is 19.1 Å². The molecule has 0 saturated carbocycles. The zero-order valence-electron chi connectivity index (χ0n) is 10.3. The van der Waals surface area contributed by atoms with Gasteiger partial charge in [-0.15, -0.1) is 0 Å². The van der Waals surface area contributed by atoms with Crippen LogP contribution in [0.3, 0.4) is 0 Å². The van der Waals surface area contributed by atoms with Gasteiger partial charge in [0, 0.05) is 12.6 Å². The maximum Gasteiger partial charge on any atom is 0.246 e. The van der Waals surface area contributed by atoms with E-state index in [0.717, 1.165) is 16.4 Å². The lowest BCUT2D eigenvalue weighted by molar-refractivity contribution is 0.0392. The summed E-state index contributed by atoms with van der Waals surface area (Å²) in [4.78, 5) is -0.611. The van der Waals surface area contributed by atoms with E-state index in [9.17, 15) is 17.2 Å². The molecule has 1 aromatic rings. The minimum absolute atomic E-state index is 0.125. The van der Waals surface area contributed by atoms with Gasteiger partial charge < -0.3 is 10.5 Å². The molecule has 1 aliphatic heterocycles. The van der Waals surface area contributed by atoms with Gasteiger partial charge >= 0.3 is 0 Å². The normalized spacial score (nSPS) is 21.5. The number of anilines is 1. The maximum atomic E-state index is 13.8. The maximum absolute atomic E-state index is 13.8. The lowest BCUT2D eigenvalue weighted by Gasteiger charge is -2.32. The summed E-state index contributed by atoms with van der Waals surface area (Å²) in [5, 5.41) is 0. The number of nitrogen functional groups attached to an aromatic ring is 1. The SMILES string of the molecule is CC1COCCN1S(=O)(=O)c1ccc(F)c(N)c1F. The van der Waals surface area contributed by atoms with Gasteiger partial charge in [0.25, 0.3) is 0 Å². The highest BCUT2D eigenvalue weighted by molar-refractivity contribution is 7.89. The lowest BCUT2D eigenvalue weighted by atomic mass is 10.3. The number of nitrogens with zero attached hydrogens (tertiary/aromatic N) is 1. The number of nitrogens with two attached hydrogens (primary N) is 1. The molecule has 0 spiro atoms. The number of benzene rings is 1. The van der Waals surface area contributed by atoms with Crippen LogP contribution in [0, 0.1) is 11.6 Å². The van der Waals surface area contributed by atoms with Gasteiger partial charge in [-0.3, -0.25) is 0 Å². The molecule has 0 amide bonds. The molecule has 0 aromatic heterocycles. The van der Waals surface area contributed by atoms with E-state index in [1.165, 1.54) is 0 Å². The highest BCUT2D eigenvalue weighted by Gasteiger charge is 2.34. The van der Waals surface area contributed by atoms with Crippen LogP contribution in [0.5, 0.6) is 0 Å². The smallest absolute Gasteiger partial charge is 0.246 e. The molecule has 0 aliphatic carbocycles. The van der Waals surface area contributed by atoms with Crippen LogP contribution < -0.4 is 5.73 Å². The Bertz CT molecular complexity index is 592. The van der Waals surface area contributed by atoms with Crippen molar-refractivity contribution >= 4 is 15.7 Å². The second kappa shape index (κ2) is 5.03. The van der Waals surface area contributed by atoms with Crippen molar-refractivity contribution in [3.05, 3.63) is 23.8 Å². The molecule has 5 nitrogen and oxygen atoms in total. The number of hydrogen-bond donors (Lipinski definition) is 1. The molecule has 1 heterocycles. The first-order chi connectivity index (χ1) is 8.85. The summed E-state index contributed by atoms with van der Waals surface area (Å²) < 4.78 is 57.8. The van der Waals surface area contributed by atoms with E-state index in [1.54, 1.807) is 6.92 Å². The monoisotopic (exact) mass is 292 g/mol. The molecule has 1 aromatic carbocycles. The van der Waals surface area contributed by atoms with Gasteiger partial charge in [-0.25, -0.2) is 17.2 Å². The summed E-state index contributed by atoms with van der Waals surface area (Å²) >= 11 is 0. The van der Waals surface area contributed by atoms with Crippen LogP contribution in [0.2, 0.25) is 0 Å². The summed E-state index contributed by atoms with van der Waals surface area (Å²) in [5.74, 6) is -2.23. The molecular weight excluding hydrogens is 278 g/mol. The van der Waals surface area contributed by atoms with Crippen LogP contribution in [0.1, 0.15) is 6.92 Å². The van der Waals surface area contributed by atoms with Crippen LogP contribution in [-0.4, -0.2) is 38.5 Å². The van der Waals surface area contributed by atoms with Gasteiger partial charge in [0.15, 0.2) is 5.82 Å². The molecule has 1 aliphatic rings. The number of sulfonamides is 1. The summed E-state index contributed by atoms with van der Waals surface area (Å²) in [6, 6.07) is 1.32. The average Bonchev–Trinajstić information content (AvgIpc) is 2.36. The van der Waals surface area contributed by atoms with Crippen molar-refractivity contribution in [1.29, 1.82) is 0 Å².